The zero-order valence-electron chi connectivity index (χ0n) is 14.2. The number of ether oxygens (including phenoxy) is 1. The second-order valence-corrected chi connectivity index (χ2v) is 5.60. The lowest BCUT2D eigenvalue weighted by Gasteiger charge is -2.11. The van der Waals surface area contributed by atoms with Crippen molar-refractivity contribution < 1.29 is 9.31 Å². The van der Waals surface area contributed by atoms with E-state index >= 15 is 0 Å². The van der Waals surface area contributed by atoms with Crippen LogP contribution in [-0.2, 0) is 6.54 Å². The minimum absolute atomic E-state index is 0.625. The van der Waals surface area contributed by atoms with Gasteiger partial charge in [0.25, 0.3) is 0 Å². The first-order chi connectivity index (χ1) is 11.1. The van der Waals surface area contributed by atoms with E-state index in [1.807, 2.05) is 37.7 Å². The molecule has 3 heteroatoms. The van der Waals surface area contributed by atoms with E-state index in [9.17, 15) is 0 Å². The van der Waals surface area contributed by atoms with E-state index in [4.69, 9.17) is 4.74 Å². The number of nitrogens with zero attached hydrogens (tertiary/aromatic N) is 2. The van der Waals surface area contributed by atoms with Crippen molar-refractivity contribution in [2.24, 2.45) is 0 Å². The van der Waals surface area contributed by atoms with Crippen LogP contribution in [0.1, 0.15) is 12.5 Å². The highest BCUT2D eigenvalue weighted by Crippen LogP contribution is 2.31. The molecule has 0 saturated carbocycles. The molecule has 1 heterocycles. The molecule has 2 aromatic rings. The molecule has 0 saturated heterocycles. The van der Waals surface area contributed by atoms with Gasteiger partial charge in [-0.1, -0.05) is 49.6 Å². The van der Waals surface area contributed by atoms with E-state index in [1.165, 1.54) is 5.39 Å². The number of hydrogen-bond acceptors (Lipinski definition) is 1. The van der Waals surface area contributed by atoms with Gasteiger partial charge >= 0.3 is 0 Å². The lowest BCUT2D eigenvalue weighted by molar-refractivity contribution is -0.458. The number of aromatic nitrogens is 1. The molecule has 23 heavy (non-hydrogen) atoms. The Balaban J connectivity index is 2.63. The molecule has 0 bridgehead atoms. The molecule has 1 aromatic heterocycles. The van der Waals surface area contributed by atoms with Crippen LogP contribution in [0.5, 0.6) is 5.88 Å². The van der Waals surface area contributed by atoms with E-state index in [-0.39, 0.29) is 0 Å². The number of rotatable bonds is 7. The number of allylic oxidation sites excluding steroid dienone is 4. The normalized spacial score (nSPS) is 10.9. The van der Waals surface area contributed by atoms with Gasteiger partial charge in [-0.3, -0.25) is 0 Å². The zero-order chi connectivity index (χ0) is 16.8. The molecule has 0 spiro atoms. The predicted molar refractivity (Wildman–Crippen MR) is 98.9 cm³/mol. The molecule has 120 valence electrons. The van der Waals surface area contributed by atoms with Crippen LogP contribution in [0.2, 0.25) is 0 Å². The minimum Gasteiger partial charge on any atom is -0.479 e. The largest absolute Gasteiger partial charge is 0.479 e. The molecule has 1 aromatic carbocycles. The Morgan fingerprint density at radius 1 is 1.30 bits per heavy atom. The standard InChI is InChI=1S/C20H25N2O/c1-6-8-11-16(3)14-22-19-13-10-9-12-17(19)18(15-21(4)5)20(22)23-7-2/h6,8-13,15H,1,3,7,14H2,2,4-5H3/q+1/b11-8-. The summed E-state index contributed by atoms with van der Waals surface area (Å²) in [5.41, 5.74) is 3.26. The lowest BCUT2D eigenvalue weighted by atomic mass is 10.2. The Kier molecular flexibility index (Phi) is 5.58. The first-order valence-corrected chi connectivity index (χ1v) is 7.80. The van der Waals surface area contributed by atoms with Gasteiger partial charge in [-0.2, -0.15) is 0 Å². The van der Waals surface area contributed by atoms with Gasteiger partial charge in [-0.15, -0.1) is 0 Å². The van der Waals surface area contributed by atoms with Crippen molar-refractivity contribution in [3.05, 3.63) is 66.8 Å². The summed E-state index contributed by atoms with van der Waals surface area (Å²) < 4.78 is 10.2. The third-order valence-electron chi connectivity index (χ3n) is 3.46. The van der Waals surface area contributed by atoms with Gasteiger partial charge in [0.15, 0.2) is 6.21 Å². The van der Waals surface area contributed by atoms with Crippen LogP contribution >= 0.6 is 0 Å². The summed E-state index contributed by atoms with van der Waals surface area (Å²) in [5, 5.41) is 1.19. The highest BCUT2D eigenvalue weighted by atomic mass is 16.5. The van der Waals surface area contributed by atoms with E-state index in [2.05, 4.69) is 48.2 Å². The Labute approximate surface area is 138 Å². The second kappa shape index (κ2) is 7.63. The Hall–Kier alpha value is -2.55. The molecule has 2 rings (SSSR count). The summed E-state index contributed by atoms with van der Waals surface area (Å²) >= 11 is 0. The Bertz CT molecular complexity index is 774. The fourth-order valence-corrected chi connectivity index (χ4v) is 2.60. The van der Waals surface area contributed by atoms with E-state index in [1.54, 1.807) is 6.08 Å². The molecule has 0 atom stereocenters. The zero-order valence-corrected chi connectivity index (χ0v) is 14.2. The molecule has 0 radical (unpaired) electrons. The van der Waals surface area contributed by atoms with Gasteiger partial charge in [0.05, 0.1) is 18.7 Å². The van der Waals surface area contributed by atoms with Gasteiger partial charge in [0.2, 0.25) is 5.88 Å². The van der Waals surface area contributed by atoms with Crippen LogP contribution in [0, 0.1) is 0 Å². The lowest BCUT2D eigenvalue weighted by Crippen LogP contribution is -2.07. The molecule has 0 unspecified atom stereocenters. The number of hydrogen-bond donors (Lipinski definition) is 0. The molecule has 0 aliphatic carbocycles. The third-order valence-corrected chi connectivity index (χ3v) is 3.46. The van der Waals surface area contributed by atoms with Gasteiger partial charge in [-0.05, 0) is 18.6 Å². The van der Waals surface area contributed by atoms with Crippen LogP contribution in [0.15, 0.2) is 61.2 Å². The third kappa shape index (κ3) is 3.81. The molecule has 3 nitrogen and oxygen atoms in total. The van der Waals surface area contributed by atoms with Crippen molar-refractivity contribution >= 4 is 17.1 Å². The summed E-state index contributed by atoms with van der Waals surface area (Å²) in [6, 6.07) is 8.36. The number of para-hydroxylation sites is 1. The SMILES string of the molecule is C=C/C=C\C(=C)Cn1c(OCC)c(C=[N+](C)C)c2ccccc21. The molecule has 0 fully saturated rings. The fourth-order valence-electron chi connectivity index (χ4n) is 2.60. The topological polar surface area (TPSA) is 17.2 Å². The number of fused-ring (bicyclic) bond motifs is 1. The highest BCUT2D eigenvalue weighted by Gasteiger charge is 2.19. The maximum atomic E-state index is 5.98. The summed E-state index contributed by atoms with van der Waals surface area (Å²) in [6.07, 6.45) is 7.74. The van der Waals surface area contributed by atoms with Gasteiger partial charge in [0.1, 0.15) is 19.7 Å². The molecular formula is C20H25N2O+. The summed E-state index contributed by atoms with van der Waals surface area (Å²) in [5.74, 6) is 0.885. The highest BCUT2D eigenvalue weighted by molar-refractivity contribution is 6.01. The monoisotopic (exact) mass is 309 g/mol. The first kappa shape index (κ1) is 16.8. The van der Waals surface area contributed by atoms with Crippen LogP contribution < -0.4 is 4.74 Å². The smallest absolute Gasteiger partial charge is 0.208 e. The van der Waals surface area contributed by atoms with Crippen molar-refractivity contribution in [1.29, 1.82) is 0 Å². The summed E-state index contributed by atoms with van der Waals surface area (Å²) in [4.78, 5) is 0. The second-order valence-electron chi connectivity index (χ2n) is 5.60. The average Bonchev–Trinajstić information content (AvgIpc) is 2.80. The van der Waals surface area contributed by atoms with Crippen molar-refractivity contribution in [1.82, 2.24) is 4.57 Å². The molecule has 0 aliphatic rings. The minimum atomic E-state index is 0.625. The Morgan fingerprint density at radius 3 is 2.70 bits per heavy atom. The molecule has 0 amide bonds. The van der Waals surface area contributed by atoms with E-state index < -0.39 is 0 Å². The van der Waals surface area contributed by atoms with Crippen LogP contribution in [0.3, 0.4) is 0 Å². The molecule has 0 aliphatic heterocycles. The maximum absolute atomic E-state index is 5.98. The van der Waals surface area contributed by atoms with Crippen molar-refractivity contribution in [3.8, 4) is 5.88 Å². The van der Waals surface area contributed by atoms with Crippen molar-refractivity contribution in [2.75, 3.05) is 20.7 Å². The van der Waals surface area contributed by atoms with Gasteiger partial charge in [0, 0.05) is 5.39 Å². The van der Waals surface area contributed by atoms with E-state index in [0.717, 1.165) is 22.5 Å². The quantitative estimate of drug-likeness (QED) is 0.429. The Morgan fingerprint density at radius 2 is 2.04 bits per heavy atom. The predicted octanol–water partition coefficient (Wildman–Crippen LogP) is 4.03. The van der Waals surface area contributed by atoms with Gasteiger partial charge in [-0.25, -0.2) is 4.58 Å². The van der Waals surface area contributed by atoms with Crippen LogP contribution in [0.25, 0.3) is 10.9 Å². The number of benzene rings is 1. The van der Waals surface area contributed by atoms with Crippen molar-refractivity contribution in [3.63, 3.8) is 0 Å². The van der Waals surface area contributed by atoms with Crippen molar-refractivity contribution in [2.45, 2.75) is 13.5 Å². The molecule has 0 N–H and O–H groups in total. The summed E-state index contributed by atoms with van der Waals surface area (Å²) in [7, 11) is 4.04. The first-order valence-electron chi connectivity index (χ1n) is 7.80. The maximum Gasteiger partial charge on any atom is 0.208 e. The average molecular weight is 309 g/mol. The van der Waals surface area contributed by atoms with Crippen LogP contribution in [0.4, 0.5) is 0 Å². The molecular weight excluding hydrogens is 284 g/mol. The van der Waals surface area contributed by atoms with Gasteiger partial charge < -0.3 is 9.30 Å². The van der Waals surface area contributed by atoms with E-state index in [0.29, 0.717) is 13.2 Å². The van der Waals surface area contributed by atoms with Crippen LogP contribution in [-0.4, -0.2) is 36.1 Å². The fraction of sp³-hybridized carbons (Fsp3) is 0.250. The summed E-state index contributed by atoms with van der Waals surface area (Å²) in [6.45, 7) is 11.2.